The summed E-state index contributed by atoms with van der Waals surface area (Å²) in [6.07, 6.45) is 4.64. The number of hydrogen-bond acceptors (Lipinski definition) is 0. The summed E-state index contributed by atoms with van der Waals surface area (Å²) in [5, 5.41) is 0. The molecule has 0 fully saturated rings. The van der Waals surface area contributed by atoms with Gasteiger partial charge in [-0.25, -0.2) is 0 Å². The third kappa shape index (κ3) is 7.38. The standard InChI is InChI=1S/2C23H27.2CH3.2ClH.H2Si.Zr/c2*1-6-8-17-11-13-18(14-12-17)20-10-7-9-19-15-21(23(3,4)5)16(2)22(19)20;;;;;;/h2*7,9-15H,6,8H2,1-5H3;2*1H3;2*1H;1H2;. The summed E-state index contributed by atoms with van der Waals surface area (Å²) in [5.41, 5.74) is 21.1. The van der Waals surface area contributed by atoms with Crippen LogP contribution in [0.4, 0.5) is 0 Å². The molecule has 0 aliphatic heterocycles. The van der Waals surface area contributed by atoms with Crippen molar-refractivity contribution in [2.75, 3.05) is 0 Å². The largest absolute Gasteiger partial charge is 0.147 e. The molecule has 278 valence electrons. The molecule has 0 saturated heterocycles. The molecule has 4 aromatic rings. The van der Waals surface area contributed by atoms with E-state index < -0.39 is 17.4 Å². The number of aryl methyl sites for hydroxylation is 2. The van der Waals surface area contributed by atoms with Gasteiger partial charge in [0.05, 0.1) is 0 Å². The van der Waals surface area contributed by atoms with E-state index in [2.05, 4.69) is 170 Å². The van der Waals surface area contributed by atoms with E-state index in [1.165, 1.54) is 68.5 Å². The number of fused-ring (bicyclic) bond motifs is 2. The molecule has 0 N–H and O–H groups in total. The van der Waals surface area contributed by atoms with Gasteiger partial charge in [-0.1, -0.05) is 0 Å². The Kier molecular flexibility index (Phi) is 12.6. The van der Waals surface area contributed by atoms with Crippen molar-refractivity contribution in [2.24, 2.45) is 10.8 Å². The van der Waals surface area contributed by atoms with E-state index in [1.54, 1.807) is 22.3 Å². The number of allylic oxidation sites excluding steroid dienone is 4. The van der Waals surface area contributed by atoms with Crippen LogP contribution in [0.5, 0.6) is 0 Å². The van der Waals surface area contributed by atoms with Crippen LogP contribution in [0, 0.1) is 10.8 Å². The van der Waals surface area contributed by atoms with E-state index in [4.69, 9.17) is 0 Å². The quantitative estimate of drug-likeness (QED) is 0.155. The second-order valence-electron chi connectivity index (χ2n) is 18.8. The average molecular weight is 831 g/mol. The van der Waals surface area contributed by atoms with Gasteiger partial charge in [0.1, 0.15) is 0 Å². The maximum absolute atomic E-state index is 3.94. The van der Waals surface area contributed by atoms with Crippen LogP contribution in [-0.4, -0.2) is 6.88 Å². The molecule has 2 aliphatic carbocycles. The van der Waals surface area contributed by atoms with Crippen molar-refractivity contribution in [2.45, 2.75) is 111 Å². The van der Waals surface area contributed by atoms with Gasteiger partial charge in [-0.3, -0.25) is 0 Å². The Bertz CT molecular complexity index is 1930. The Balaban J connectivity index is 0.00000302. The fourth-order valence-electron chi connectivity index (χ4n) is 10.4. The number of rotatable bonds is 8. The Morgan fingerprint density at radius 1 is 0.538 bits per heavy atom. The van der Waals surface area contributed by atoms with Gasteiger partial charge in [0, 0.05) is 0 Å². The van der Waals surface area contributed by atoms with Crippen molar-refractivity contribution in [3.05, 3.63) is 129 Å². The molecule has 0 nitrogen and oxygen atoms in total. The molecular weight excluding hydrogens is 767 g/mol. The molecule has 2 unspecified atom stereocenters. The monoisotopic (exact) mass is 828 g/mol. The summed E-state index contributed by atoms with van der Waals surface area (Å²) in [4.78, 5) is 0. The summed E-state index contributed by atoms with van der Waals surface area (Å²) in [6, 6.07) is 33.5. The van der Waals surface area contributed by atoms with Crippen LogP contribution in [-0.2, 0) is 30.2 Å². The van der Waals surface area contributed by atoms with Gasteiger partial charge >= 0.3 is 309 Å². The Morgan fingerprint density at radius 3 is 1.15 bits per heavy atom. The fraction of sp³-hybridized carbons (Fsp3) is 0.417. The second kappa shape index (κ2) is 15.3. The summed E-state index contributed by atoms with van der Waals surface area (Å²) >= 11 is -3.94. The maximum atomic E-state index is 2.83. The first-order valence-electron chi connectivity index (χ1n) is 19.3. The van der Waals surface area contributed by atoms with Gasteiger partial charge in [-0.2, -0.15) is 0 Å². The molecule has 0 heterocycles. The zero-order valence-electron chi connectivity index (χ0n) is 34.1. The first-order chi connectivity index (χ1) is 23.4. The zero-order valence-corrected chi connectivity index (χ0v) is 39.6. The number of halogens is 2. The molecule has 0 bridgehead atoms. The maximum Gasteiger partial charge on any atom is -0.147 e. The summed E-state index contributed by atoms with van der Waals surface area (Å²) in [7, 11) is 0. The van der Waals surface area contributed by atoms with Crippen molar-refractivity contribution in [1.82, 2.24) is 0 Å². The van der Waals surface area contributed by atoms with Gasteiger partial charge in [-0.05, 0) is 0 Å². The Hall–Kier alpha value is -1.96. The van der Waals surface area contributed by atoms with Gasteiger partial charge in [0.2, 0.25) is 0 Å². The molecule has 52 heavy (non-hydrogen) atoms. The van der Waals surface area contributed by atoms with Crippen molar-refractivity contribution >= 4 is 42.8 Å². The third-order valence-corrected chi connectivity index (χ3v) is 29.2. The average Bonchev–Trinajstić information content (AvgIpc) is 3.55. The topological polar surface area (TPSA) is 0 Å². The van der Waals surface area contributed by atoms with Crippen molar-refractivity contribution in [3.63, 3.8) is 0 Å². The summed E-state index contributed by atoms with van der Waals surface area (Å²) in [5.74, 6) is 0. The molecule has 4 heteroatoms. The molecule has 0 spiro atoms. The molecule has 4 aromatic carbocycles. The van der Waals surface area contributed by atoms with Crippen LogP contribution in [0.1, 0.15) is 123 Å². The van der Waals surface area contributed by atoms with E-state index in [1.807, 2.05) is 0 Å². The van der Waals surface area contributed by atoms with Crippen molar-refractivity contribution in [1.29, 1.82) is 0 Å². The van der Waals surface area contributed by atoms with E-state index in [0.717, 1.165) is 12.8 Å². The molecule has 2 aliphatic rings. The minimum Gasteiger partial charge on any atom is -0.147 e. The minimum atomic E-state index is -3.94. The molecule has 6 rings (SSSR count). The SMILES string of the molecule is CCCc1ccc(-c2cccc3c2C(C)=C(C(C)(C)C)[CH]3[Zr]([CH3])([CH3])(=[SiH2])[CH]2C(C(C)(C)C)=C(C)c3c(-c4ccc(CCC)cc4)cccc32)cc1.Cl.Cl. The van der Waals surface area contributed by atoms with Crippen molar-refractivity contribution < 1.29 is 17.4 Å². The molecule has 0 amide bonds. The van der Waals surface area contributed by atoms with Crippen molar-refractivity contribution in [3.8, 4) is 22.3 Å². The predicted molar refractivity (Wildman–Crippen MR) is 236 cm³/mol. The van der Waals surface area contributed by atoms with Gasteiger partial charge in [0.15, 0.2) is 0 Å². The van der Waals surface area contributed by atoms with E-state index in [0.29, 0.717) is 7.25 Å². The molecular formula is C48H64Cl2SiZr. The summed E-state index contributed by atoms with van der Waals surface area (Å²) < 4.78 is 6.58. The van der Waals surface area contributed by atoms with Gasteiger partial charge < -0.3 is 0 Å². The second-order valence-corrected chi connectivity index (χ2v) is 49.3. The normalized spacial score (nSPS) is 17.5. The van der Waals surface area contributed by atoms with E-state index in [-0.39, 0.29) is 35.6 Å². The fourth-order valence-corrected chi connectivity index (χ4v) is 30.3. The van der Waals surface area contributed by atoms with Crippen LogP contribution >= 0.6 is 24.8 Å². The number of benzene rings is 4. The van der Waals surface area contributed by atoms with Crippen LogP contribution in [0.25, 0.3) is 33.4 Å². The first-order valence-corrected chi connectivity index (χ1v) is 33.0. The minimum absolute atomic E-state index is 0. The van der Waals surface area contributed by atoms with Crippen LogP contribution < -0.4 is 0 Å². The smallest absolute Gasteiger partial charge is 0.147 e. The third-order valence-electron chi connectivity index (χ3n) is 12.1. The molecule has 2 atom stereocenters. The zero-order chi connectivity index (χ0) is 36.4. The van der Waals surface area contributed by atoms with E-state index in [9.17, 15) is 0 Å². The van der Waals surface area contributed by atoms with Gasteiger partial charge in [-0.15, -0.1) is 24.8 Å². The number of hydrogen-bond donors (Lipinski definition) is 0. The van der Waals surface area contributed by atoms with Crippen LogP contribution in [0.15, 0.2) is 96.1 Å². The summed E-state index contributed by atoms with van der Waals surface area (Å²) in [6.45, 7) is 26.8. The van der Waals surface area contributed by atoms with Gasteiger partial charge in [0.25, 0.3) is 0 Å². The van der Waals surface area contributed by atoms with Crippen LogP contribution in [0.3, 0.4) is 0 Å². The molecule has 0 radical (unpaired) electrons. The van der Waals surface area contributed by atoms with Crippen LogP contribution in [0.2, 0.25) is 9.26 Å². The first kappa shape index (κ1) is 42.8. The predicted octanol–water partition coefficient (Wildman–Crippen LogP) is 14.6. The Morgan fingerprint density at radius 2 is 0.865 bits per heavy atom. The van der Waals surface area contributed by atoms with E-state index >= 15 is 0 Å². The molecule has 0 aromatic heterocycles. The molecule has 0 saturated carbocycles. The Labute approximate surface area is 331 Å².